The maximum absolute atomic E-state index is 13.0. The third-order valence-electron chi connectivity index (χ3n) is 4.18. The number of rotatable bonds is 2. The Bertz CT molecular complexity index is 716. The first-order valence-electron chi connectivity index (χ1n) is 7.85. The van der Waals surface area contributed by atoms with Crippen LogP contribution < -0.4 is 5.32 Å². The first kappa shape index (κ1) is 20.7. The molecule has 6 nitrogen and oxygen atoms in total. The largest absolute Gasteiger partial charge is 0.333 e. The number of nitrogens with zero attached hydrogens (tertiary/aromatic N) is 4. The third-order valence-corrected chi connectivity index (χ3v) is 4.18. The summed E-state index contributed by atoms with van der Waals surface area (Å²) in [6.45, 7) is 10.6. The Morgan fingerprint density at radius 3 is 2.71 bits per heavy atom. The molecule has 0 bridgehead atoms. The topological polar surface area (TPSA) is 63.1 Å². The van der Waals surface area contributed by atoms with Gasteiger partial charge in [-0.1, -0.05) is 0 Å². The predicted octanol–water partition coefficient (Wildman–Crippen LogP) is 2.60. The van der Waals surface area contributed by atoms with Crippen molar-refractivity contribution in [2.75, 3.05) is 19.6 Å². The van der Waals surface area contributed by atoms with E-state index in [-0.39, 0.29) is 42.8 Å². The van der Waals surface area contributed by atoms with Gasteiger partial charge in [-0.15, -0.1) is 24.8 Å². The van der Waals surface area contributed by atoms with Crippen molar-refractivity contribution in [1.82, 2.24) is 25.0 Å². The highest BCUT2D eigenvalue weighted by molar-refractivity contribution is 6.05. The van der Waals surface area contributed by atoms with Crippen molar-refractivity contribution in [3.8, 4) is 0 Å². The monoisotopic (exact) mass is 373 g/mol. The molecule has 1 atom stereocenters. The minimum Gasteiger partial charge on any atom is -0.333 e. The SMILES string of the molecule is Cc1cc(C(=O)N2CCNC[C@H]2C)c2cnn(C(C)C)c2n1.Cl.Cl. The summed E-state index contributed by atoms with van der Waals surface area (Å²) in [7, 11) is 0. The van der Waals surface area contributed by atoms with Crippen LogP contribution in [0.2, 0.25) is 0 Å². The van der Waals surface area contributed by atoms with Crippen LogP contribution in [0.25, 0.3) is 11.0 Å². The summed E-state index contributed by atoms with van der Waals surface area (Å²) >= 11 is 0. The van der Waals surface area contributed by atoms with E-state index in [1.54, 1.807) is 6.20 Å². The molecule has 1 aliphatic heterocycles. The van der Waals surface area contributed by atoms with E-state index in [1.165, 1.54) is 0 Å². The second-order valence-electron chi connectivity index (χ2n) is 6.28. The number of carbonyl (C=O) groups excluding carboxylic acids is 1. The molecule has 3 heterocycles. The van der Waals surface area contributed by atoms with Crippen LogP contribution in [0.1, 0.15) is 42.9 Å². The number of nitrogens with one attached hydrogen (secondary N) is 1. The second-order valence-corrected chi connectivity index (χ2v) is 6.28. The number of carbonyl (C=O) groups is 1. The van der Waals surface area contributed by atoms with E-state index in [2.05, 4.69) is 36.2 Å². The lowest BCUT2D eigenvalue weighted by Crippen LogP contribution is -2.52. The molecule has 3 rings (SSSR count). The van der Waals surface area contributed by atoms with Crippen molar-refractivity contribution in [3.63, 3.8) is 0 Å². The number of piperazine rings is 1. The fourth-order valence-corrected chi connectivity index (χ4v) is 3.00. The van der Waals surface area contributed by atoms with Gasteiger partial charge in [-0.2, -0.15) is 5.10 Å². The number of aromatic nitrogens is 3. The van der Waals surface area contributed by atoms with Gasteiger partial charge in [-0.05, 0) is 33.8 Å². The van der Waals surface area contributed by atoms with E-state index >= 15 is 0 Å². The highest BCUT2D eigenvalue weighted by Crippen LogP contribution is 2.23. The Hall–Kier alpha value is -1.37. The zero-order valence-electron chi connectivity index (χ0n) is 14.4. The summed E-state index contributed by atoms with van der Waals surface area (Å²) in [6.07, 6.45) is 1.77. The molecule has 0 aromatic carbocycles. The molecule has 1 saturated heterocycles. The van der Waals surface area contributed by atoms with Crippen LogP contribution >= 0.6 is 24.8 Å². The summed E-state index contributed by atoms with van der Waals surface area (Å²) in [6, 6.07) is 2.30. The number of amides is 1. The first-order valence-corrected chi connectivity index (χ1v) is 7.85. The molecule has 0 unspecified atom stereocenters. The molecule has 2 aromatic heterocycles. The summed E-state index contributed by atoms with van der Waals surface area (Å²) in [5, 5.41) is 8.57. The van der Waals surface area contributed by atoms with Gasteiger partial charge in [0.1, 0.15) is 0 Å². The number of fused-ring (bicyclic) bond motifs is 1. The Balaban J connectivity index is 0.00000144. The van der Waals surface area contributed by atoms with E-state index in [9.17, 15) is 4.79 Å². The molecule has 8 heteroatoms. The minimum absolute atomic E-state index is 0. The van der Waals surface area contributed by atoms with Gasteiger partial charge in [-0.3, -0.25) is 4.79 Å². The molecular formula is C16H25Cl2N5O. The molecule has 1 N–H and O–H groups in total. The van der Waals surface area contributed by atoms with Crippen molar-refractivity contribution in [2.45, 2.75) is 39.8 Å². The third kappa shape index (κ3) is 3.66. The van der Waals surface area contributed by atoms with E-state index in [0.717, 1.165) is 36.4 Å². The second kappa shape index (κ2) is 8.14. The van der Waals surface area contributed by atoms with Crippen LogP contribution in [-0.4, -0.2) is 51.2 Å². The van der Waals surface area contributed by atoms with Gasteiger partial charge < -0.3 is 10.2 Å². The van der Waals surface area contributed by atoms with Gasteiger partial charge >= 0.3 is 0 Å². The summed E-state index contributed by atoms with van der Waals surface area (Å²) in [5.74, 6) is 0.0767. The predicted molar refractivity (Wildman–Crippen MR) is 101 cm³/mol. The maximum atomic E-state index is 13.0. The molecule has 0 spiro atoms. The van der Waals surface area contributed by atoms with Crippen LogP contribution in [0.3, 0.4) is 0 Å². The molecule has 2 aromatic rings. The van der Waals surface area contributed by atoms with Crippen molar-refractivity contribution >= 4 is 41.8 Å². The molecule has 1 amide bonds. The molecule has 0 aliphatic carbocycles. The molecular weight excluding hydrogens is 349 g/mol. The number of pyridine rings is 1. The van der Waals surface area contributed by atoms with Crippen LogP contribution in [0, 0.1) is 6.92 Å². The summed E-state index contributed by atoms with van der Waals surface area (Å²) in [5.41, 5.74) is 2.35. The smallest absolute Gasteiger partial charge is 0.255 e. The Kier molecular flexibility index (Phi) is 7.01. The molecule has 24 heavy (non-hydrogen) atoms. The van der Waals surface area contributed by atoms with E-state index in [4.69, 9.17) is 0 Å². The van der Waals surface area contributed by atoms with Crippen LogP contribution in [-0.2, 0) is 0 Å². The zero-order valence-corrected chi connectivity index (χ0v) is 16.1. The highest BCUT2D eigenvalue weighted by Gasteiger charge is 2.26. The summed E-state index contributed by atoms with van der Waals surface area (Å²) in [4.78, 5) is 19.5. The Labute approximate surface area is 154 Å². The van der Waals surface area contributed by atoms with E-state index in [1.807, 2.05) is 22.6 Å². The van der Waals surface area contributed by atoms with Crippen molar-refractivity contribution in [2.24, 2.45) is 0 Å². The number of aryl methyl sites for hydroxylation is 1. The average molecular weight is 374 g/mol. The lowest BCUT2D eigenvalue weighted by molar-refractivity contribution is 0.0657. The van der Waals surface area contributed by atoms with Gasteiger partial charge in [0.25, 0.3) is 5.91 Å². The van der Waals surface area contributed by atoms with Gasteiger partial charge in [-0.25, -0.2) is 9.67 Å². The highest BCUT2D eigenvalue weighted by atomic mass is 35.5. The standard InChI is InChI=1S/C16H23N5O.2ClH/c1-10(2)21-15-14(9-18-21)13(7-11(3)19-15)16(22)20-6-5-17-8-12(20)4;;/h7,9-10,12,17H,5-6,8H2,1-4H3;2*1H/t12-;;/m1../s1. The van der Waals surface area contributed by atoms with Crippen LogP contribution in [0.5, 0.6) is 0 Å². The maximum Gasteiger partial charge on any atom is 0.255 e. The van der Waals surface area contributed by atoms with Crippen LogP contribution in [0.15, 0.2) is 12.3 Å². The van der Waals surface area contributed by atoms with Crippen LogP contribution in [0.4, 0.5) is 0 Å². The quantitative estimate of drug-likeness (QED) is 0.878. The average Bonchev–Trinajstić information content (AvgIpc) is 2.90. The normalized spacial score (nSPS) is 17.5. The zero-order chi connectivity index (χ0) is 15.9. The van der Waals surface area contributed by atoms with E-state index in [0.29, 0.717) is 5.56 Å². The molecule has 134 valence electrons. The number of hydrogen-bond donors (Lipinski definition) is 1. The lowest BCUT2D eigenvalue weighted by atomic mass is 10.1. The molecule has 1 aliphatic rings. The molecule has 0 radical (unpaired) electrons. The van der Waals surface area contributed by atoms with Crippen molar-refractivity contribution in [1.29, 1.82) is 0 Å². The number of halogens is 2. The molecule has 1 fully saturated rings. The van der Waals surface area contributed by atoms with Gasteiger partial charge in [0.15, 0.2) is 5.65 Å². The van der Waals surface area contributed by atoms with Crippen molar-refractivity contribution in [3.05, 3.63) is 23.5 Å². The molecule has 0 saturated carbocycles. The first-order chi connectivity index (χ1) is 10.5. The number of hydrogen-bond acceptors (Lipinski definition) is 4. The Morgan fingerprint density at radius 2 is 2.08 bits per heavy atom. The van der Waals surface area contributed by atoms with Crippen molar-refractivity contribution < 1.29 is 4.79 Å². The van der Waals surface area contributed by atoms with E-state index < -0.39 is 0 Å². The van der Waals surface area contributed by atoms with Gasteiger partial charge in [0, 0.05) is 37.4 Å². The fraction of sp³-hybridized carbons (Fsp3) is 0.562. The fourth-order valence-electron chi connectivity index (χ4n) is 3.00. The minimum atomic E-state index is 0. The summed E-state index contributed by atoms with van der Waals surface area (Å²) < 4.78 is 1.88. The Morgan fingerprint density at radius 1 is 1.38 bits per heavy atom. The lowest BCUT2D eigenvalue weighted by Gasteiger charge is -2.34. The van der Waals surface area contributed by atoms with Gasteiger partial charge in [0.2, 0.25) is 0 Å². The van der Waals surface area contributed by atoms with Gasteiger partial charge in [0.05, 0.1) is 17.1 Å².